The fraction of sp³-hybridized carbons (Fsp3) is 0.781. The second kappa shape index (κ2) is 66.1. The van der Waals surface area contributed by atoms with E-state index in [1.807, 2.05) is 0 Å². The van der Waals surface area contributed by atoms with Crippen molar-refractivity contribution in [3.63, 3.8) is 0 Å². The number of ether oxygens (including phenoxy) is 4. The Morgan fingerprint density at radius 3 is 0.859 bits per heavy atom. The van der Waals surface area contributed by atoms with Crippen LogP contribution in [-0.2, 0) is 65.4 Å². The smallest absolute Gasteiger partial charge is 0.462 e. The van der Waals surface area contributed by atoms with E-state index in [2.05, 4.69) is 101 Å². The molecule has 0 spiro atoms. The third-order valence-corrected chi connectivity index (χ3v) is 17.0. The van der Waals surface area contributed by atoms with Gasteiger partial charge in [0.2, 0.25) is 0 Å². The fourth-order valence-corrected chi connectivity index (χ4v) is 11.0. The Bertz CT molecular complexity index is 2040. The molecule has 17 nitrogen and oxygen atoms in total. The number of esters is 4. The standard InChI is InChI=1S/C73H130O17P2/c1-5-9-13-17-21-25-29-30-31-32-33-34-35-36-40-42-46-50-54-58-71(76)84-64-69(90-73(78)60-56-52-48-44-39-28-24-20-16-12-8-4)66-88-92(81,82)86-62-67(74)61-85-91(79,80)87-65-68(89-72(77)59-55-51-47-43-38-27-23-19-15-11-7-3)63-83-70(75)57-53-49-45-41-37-26-22-18-14-10-6-2/h18-25,30-31,33-34,67-69,74H,5-17,26-29,32,35-66H2,1-4H3,(H,79,80)(H,81,82)/b22-18-,23-19-,24-20-,25-21-,31-30-,34-33-. The first-order chi connectivity index (χ1) is 44.7. The van der Waals surface area contributed by atoms with Gasteiger partial charge in [-0.3, -0.25) is 37.3 Å². The number of carbonyl (C=O) groups is 4. The third-order valence-electron chi connectivity index (χ3n) is 15.1. The minimum Gasteiger partial charge on any atom is -0.462 e. The summed E-state index contributed by atoms with van der Waals surface area (Å²) < 4.78 is 68.2. The second-order valence-electron chi connectivity index (χ2n) is 24.2. The molecule has 0 radical (unpaired) electrons. The molecule has 0 saturated carbocycles. The Morgan fingerprint density at radius 2 is 0.543 bits per heavy atom. The molecule has 3 N–H and O–H groups in total. The topological polar surface area (TPSA) is 237 Å². The molecule has 534 valence electrons. The van der Waals surface area contributed by atoms with Gasteiger partial charge in [-0.15, -0.1) is 0 Å². The molecule has 92 heavy (non-hydrogen) atoms. The summed E-state index contributed by atoms with van der Waals surface area (Å²) in [5.41, 5.74) is 0. The minimum absolute atomic E-state index is 0.0831. The van der Waals surface area contributed by atoms with Crippen LogP contribution in [0.3, 0.4) is 0 Å². The lowest BCUT2D eigenvalue weighted by Crippen LogP contribution is -2.30. The second-order valence-corrected chi connectivity index (χ2v) is 27.1. The summed E-state index contributed by atoms with van der Waals surface area (Å²) in [6, 6.07) is 0. The Balaban J connectivity index is 5.27. The Hall–Kier alpha value is -3.50. The summed E-state index contributed by atoms with van der Waals surface area (Å²) in [5, 5.41) is 10.6. The van der Waals surface area contributed by atoms with E-state index < -0.39 is 97.5 Å². The molecule has 0 aliphatic rings. The monoisotopic (exact) mass is 1340 g/mol. The van der Waals surface area contributed by atoms with Gasteiger partial charge in [-0.1, -0.05) is 235 Å². The molecule has 5 atom stereocenters. The van der Waals surface area contributed by atoms with E-state index in [1.54, 1.807) is 0 Å². The van der Waals surface area contributed by atoms with Crippen molar-refractivity contribution in [2.75, 3.05) is 39.6 Å². The SMILES string of the molecule is CCCC/C=C\CCCCCCCC(=O)OCC(COP(=O)(O)OCC(O)COP(=O)(O)OCC(COC(=O)CCCCCCCC/C=C\C/C=C\C/C=C\CCCCC)OC(=O)CCCCCCC/C=C\CCCC)OC(=O)CCCCCCC/C=C\CCCC. The molecule has 5 unspecified atom stereocenters. The molecule has 0 rings (SSSR count). The largest absolute Gasteiger partial charge is 0.472 e. The van der Waals surface area contributed by atoms with Crippen molar-refractivity contribution < 1.29 is 80.2 Å². The van der Waals surface area contributed by atoms with Crippen LogP contribution in [-0.4, -0.2) is 96.7 Å². The highest BCUT2D eigenvalue weighted by Gasteiger charge is 2.30. The molecule has 0 aromatic carbocycles. The predicted octanol–water partition coefficient (Wildman–Crippen LogP) is 20.1. The average molecular weight is 1340 g/mol. The molecule has 0 saturated heterocycles. The molecular weight excluding hydrogens is 1210 g/mol. The molecule has 19 heteroatoms. The lowest BCUT2D eigenvalue weighted by molar-refractivity contribution is -0.161. The van der Waals surface area contributed by atoms with Crippen LogP contribution < -0.4 is 0 Å². The average Bonchev–Trinajstić information content (AvgIpc) is 2.24. The zero-order valence-electron chi connectivity index (χ0n) is 58.0. The number of hydrogen-bond donors (Lipinski definition) is 3. The van der Waals surface area contributed by atoms with Gasteiger partial charge in [-0.25, -0.2) is 9.13 Å². The summed E-state index contributed by atoms with van der Waals surface area (Å²) in [6.07, 6.45) is 63.5. The molecule has 0 bridgehead atoms. The van der Waals surface area contributed by atoms with Crippen LogP contribution in [0.2, 0.25) is 0 Å². The molecule has 0 aliphatic heterocycles. The molecule has 0 aliphatic carbocycles. The third kappa shape index (κ3) is 65.2. The van der Waals surface area contributed by atoms with Crippen molar-refractivity contribution >= 4 is 39.5 Å². The van der Waals surface area contributed by atoms with Crippen molar-refractivity contribution in [3.05, 3.63) is 72.9 Å². The van der Waals surface area contributed by atoms with E-state index >= 15 is 0 Å². The molecule has 0 aromatic rings. The summed E-state index contributed by atoms with van der Waals surface area (Å²) >= 11 is 0. The summed E-state index contributed by atoms with van der Waals surface area (Å²) in [4.78, 5) is 72.5. The summed E-state index contributed by atoms with van der Waals surface area (Å²) in [6.45, 7) is 4.69. The number of aliphatic hydroxyl groups excluding tert-OH is 1. The van der Waals surface area contributed by atoms with E-state index in [0.717, 1.165) is 173 Å². The van der Waals surface area contributed by atoms with E-state index in [9.17, 15) is 43.2 Å². The van der Waals surface area contributed by atoms with Gasteiger partial charge >= 0.3 is 39.5 Å². The van der Waals surface area contributed by atoms with Gasteiger partial charge in [-0.2, -0.15) is 0 Å². The lowest BCUT2D eigenvalue weighted by Gasteiger charge is -2.21. The van der Waals surface area contributed by atoms with Crippen LogP contribution in [0.15, 0.2) is 72.9 Å². The minimum atomic E-state index is -4.97. The molecule has 0 amide bonds. The maximum Gasteiger partial charge on any atom is 0.472 e. The van der Waals surface area contributed by atoms with Crippen molar-refractivity contribution in [1.29, 1.82) is 0 Å². The predicted molar refractivity (Wildman–Crippen MR) is 372 cm³/mol. The van der Waals surface area contributed by atoms with Crippen LogP contribution in [0.25, 0.3) is 0 Å². The number of phosphoric ester groups is 2. The Labute approximate surface area is 558 Å². The molecule has 0 aromatic heterocycles. The van der Waals surface area contributed by atoms with Gasteiger partial charge in [0.05, 0.1) is 26.4 Å². The van der Waals surface area contributed by atoms with Gasteiger partial charge in [0.25, 0.3) is 0 Å². The highest BCUT2D eigenvalue weighted by Crippen LogP contribution is 2.45. The van der Waals surface area contributed by atoms with Crippen molar-refractivity contribution in [2.45, 2.75) is 329 Å². The molecule has 0 fully saturated rings. The van der Waals surface area contributed by atoms with Gasteiger partial charge < -0.3 is 33.8 Å². The van der Waals surface area contributed by atoms with Crippen LogP contribution in [0.1, 0.15) is 310 Å². The van der Waals surface area contributed by atoms with Crippen LogP contribution in [0.4, 0.5) is 0 Å². The van der Waals surface area contributed by atoms with Crippen LogP contribution in [0, 0.1) is 0 Å². The van der Waals surface area contributed by atoms with Gasteiger partial charge in [-0.05, 0) is 122 Å². The number of allylic oxidation sites excluding steroid dienone is 12. The fourth-order valence-electron chi connectivity index (χ4n) is 9.46. The maximum absolute atomic E-state index is 13.0. The summed E-state index contributed by atoms with van der Waals surface area (Å²) in [7, 11) is -9.93. The van der Waals surface area contributed by atoms with Crippen molar-refractivity contribution in [1.82, 2.24) is 0 Å². The van der Waals surface area contributed by atoms with Crippen molar-refractivity contribution in [2.24, 2.45) is 0 Å². The van der Waals surface area contributed by atoms with Crippen LogP contribution in [0.5, 0.6) is 0 Å². The number of hydrogen-bond acceptors (Lipinski definition) is 15. The quantitative estimate of drug-likeness (QED) is 0.0169. The van der Waals surface area contributed by atoms with Gasteiger partial charge in [0.15, 0.2) is 12.2 Å². The van der Waals surface area contributed by atoms with Crippen molar-refractivity contribution in [3.8, 4) is 0 Å². The first-order valence-corrected chi connectivity index (χ1v) is 39.2. The first-order valence-electron chi connectivity index (χ1n) is 36.2. The van der Waals surface area contributed by atoms with E-state index in [1.165, 1.54) is 57.8 Å². The molecule has 0 heterocycles. The lowest BCUT2D eigenvalue weighted by atomic mass is 10.1. The number of rotatable bonds is 68. The molecular formula is C73H130O17P2. The number of carbonyl (C=O) groups excluding carboxylic acids is 4. The number of phosphoric acid groups is 2. The highest BCUT2D eigenvalue weighted by atomic mass is 31.2. The maximum atomic E-state index is 13.0. The van der Waals surface area contributed by atoms with E-state index in [0.29, 0.717) is 25.7 Å². The number of aliphatic hydroxyl groups is 1. The van der Waals surface area contributed by atoms with Gasteiger partial charge in [0, 0.05) is 25.7 Å². The number of unbranched alkanes of at least 4 members (excludes halogenated alkanes) is 30. The van der Waals surface area contributed by atoms with Gasteiger partial charge in [0.1, 0.15) is 19.3 Å². The van der Waals surface area contributed by atoms with Crippen LogP contribution >= 0.6 is 15.6 Å². The van der Waals surface area contributed by atoms with E-state index in [4.69, 9.17) is 37.0 Å². The Kier molecular flexibility index (Phi) is 63.6. The Morgan fingerprint density at radius 1 is 0.304 bits per heavy atom. The highest BCUT2D eigenvalue weighted by molar-refractivity contribution is 7.47. The zero-order chi connectivity index (χ0) is 67.5. The normalized spacial score (nSPS) is 14.5. The summed E-state index contributed by atoms with van der Waals surface area (Å²) in [5.74, 6) is -2.21. The van der Waals surface area contributed by atoms with E-state index in [-0.39, 0.29) is 25.7 Å². The zero-order valence-corrected chi connectivity index (χ0v) is 59.8. The first kappa shape index (κ1) is 88.5.